The molecule has 6 nitrogen and oxygen atoms in total. The Morgan fingerprint density at radius 1 is 1.29 bits per heavy atom. The van der Waals surface area contributed by atoms with Crippen LogP contribution in [0.5, 0.6) is 5.75 Å². The number of hydrogen-bond acceptors (Lipinski definition) is 4. The zero-order valence-corrected chi connectivity index (χ0v) is 14.4. The van der Waals surface area contributed by atoms with Crippen LogP contribution in [0.15, 0.2) is 24.3 Å². The van der Waals surface area contributed by atoms with E-state index in [9.17, 15) is 4.79 Å². The minimum Gasteiger partial charge on any atom is -0.492 e. The van der Waals surface area contributed by atoms with Crippen LogP contribution in [0.3, 0.4) is 0 Å². The fourth-order valence-corrected chi connectivity index (χ4v) is 3.26. The lowest BCUT2D eigenvalue weighted by Crippen LogP contribution is -2.52. The molecule has 24 heavy (non-hydrogen) atoms. The number of hydrogen-bond donors (Lipinski definition) is 1. The molecule has 6 heteroatoms. The average Bonchev–Trinajstić information content (AvgIpc) is 3.14. The average molecular weight is 333 g/mol. The molecular formula is C18H27N3O3. The monoisotopic (exact) mass is 333 g/mol. The lowest BCUT2D eigenvalue weighted by molar-refractivity contribution is 0.108. The third-order valence-electron chi connectivity index (χ3n) is 4.58. The third-order valence-corrected chi connectivity index (χ3v) is 4.58. The molecule has 0 bridgehead atoms. The summed E-state index contributed by atoms with van der Waals surface area (Å²) in [7, 11) is 0. The second-order valence-electron chi connectivity index (χ2n) is 6.20. The summed E-state index contributed by atoms with van der Waals surface area (Å²) < 4.78 is 11.3. The number of ether oxygens (including phenoxy) is 2. The van der Waals surface area contributed by atoms with E-state index in [0.29, 0.717) is 13.2 Å². The van der Waals surface area contributed by atoms with E-state index < -0.39 is 0 Å². The maximum absolute atomic E-state index is 12.3. The number of anilines is 1. The largest absolute Gasteiger partial charge is 0.492 e. The highest BCUT2D eigenvalue weighted by Crippen LogP contribution is 2.28. The van der Waals surface area contributed by atoms with Gasteiger partial charge in [0.2, 0.25) is 0 Å². The van der Waals surface area contributed by atoms with Gasteiger partial charge in [0.1, 0.15) is 5.75 Å². The zero-order chi connectivity index (χ0) is 16.8. The molecule has 0 saturated carbocycles. The molecule has 0 spiro atoms. The van der Waals surface area contributed by atoms with Crippen LogP contribution in [0.2, 0.25) is 0 Å². The molecule has 132 valence electrons. The molecule has 1 unspecified atom stereocenters. The topological polar surface area (TPSA) is 54.0 Å². The molecule has 0 radical (unpaired) electrons. The fraction of sp³-hybridized carbons (Fsp3) is 0.611. The maximum atomic E-state index is 12.3. The van der Waals surface area contributed by atoms with Crippen molar-refractivity contribution in [2.24, 2.45) is 0 Å². The first-order chi connectivity index (χ1) is 11.8. The third kappa shape index (κ3) is 4.12. The van der Waals surface area contributed by atoms with E-state index in [1.165, 1.54) is 0 Å². The van der Waals surface area contributed by atoms with Gasteiger partial charge in [0.25, 0.3) is 0 Å². The van der Waals surface area contributed by atoms with E-state index in [2.05, 4.69) is 16.3 Å². The van der Waals surface area contributed by atoms with E-state index in [4.69, 9.17) is 9.47 Å². The van der Waals surface area contributed by atoms with Crippen molar-refractivity contribution >= 4 is 11.7 Å². The van der Waals surface area contributed by atoms with Gasteiger partial charge >= 0.3 is 6.03 Å². The Balaban J connectivity index is 1.49. The molecule has 0 aromatic heterocycles. The van der Waals surface area contributed by atoms with Crippen molar-refractivity contribution in [2.45, 2.75) is 25.9 Å². The first kappa shape index (κ1) is 16.9. The first-order valence-electron chi connectivity index (χ1n) is 8.89. The van der Waals surface area contributed by atoms with Gasteiger partial charge in [-0.25, -0.2) is 4.79 Å². The first-order valence-corrected chi connectivity index (χ1v) is 8.89. The summed E-state index contributed by atoms with van der Waals surface area (Å²) in [4.78, 5) is 16.5. The Labute approximate surface area is 143 Å². The van der Waals surface area contributed by atoms with Crippen LogP contribution in [0, 0.1) is 0 Å². The normalized spacial score (nSPS) is 21.0. The van der Waals surface area contributed by atoms with Crippen LogP contribution >= 0.6 is 0 Å². The molecule has 1 aromatic rings. The van der Waals surface area contributed by atoms with E-state index in [0.717, 1.165) is 57.1 Å². The summed E-state index contributed by atoms with van der Waals surface area (Å²) in [6, 6.07) is 8.11. The van der Waals surface area contributed by atoms with Gasteiger partial charge in [0, 0.05) is 39.3 Å². The van der Waals surface area contributed by atoms with Gasteiger partial charge in [-0.05, 0) is 31.9 Å². The number of carbonyl (C=O) groups is 1. The van der Waals surface area contributed by atoms with Crippen molar-refractivity contribution in [1.82, 2.24) is 10.2 Å². The summed E-state index contributed by atoms with van der Waals surface area (Å²) >= 11 is 0. The van der Waals surface area contributed by atoms with Gasteiger partial charge in [0.15, 0.2) is 0 Å². The summed E-state index contributed by atoms with van der Waals surface area (Å²) in [5, 5.41) is 3.00. The Kier molecular flexibility index (Phi) is 5.80. The van der Waals surface area contributed by atoms with Crippen molar-refractivity contribution in [2.75, 3.05) is 50.8 Å². The number of nitrogens with zero attached hydrogens (tertiary/aromatic N) is 2. The Morgan fingerprint density at radius 3 is 2.79 bits per heavy atom. The minimum absolute atomic E-state index is 0.0169. The van der Waals surface area contributed by atoms with Crippen LogP contribution < -0.4 is 15.0 Å². The summed E-state index contributed by atoms with van der Waals surface area (Å²) in [5.41, 5.74) is 1.11. The Hall–Kier alpha value is -1.95. The fourth-order valence-electron chi connectivity index (χ4n) is 3.26. The zero-order valence-electron chi connectivity index (χ0n) is 14.4. The molecule has 2 saturated heterocycles. The van der Waals surface area contributed by atoms with Crippen LogP contribution in [0.1, 0.15) is 19.8 Å². The Bertz CT molecular complexity index is 538. The number of carbonyl (C=O) groups excluding carboxylic acids is 1. The highest BCUT2D eigenvalue weighted by atomic mass is 16.5. The van der Waals surface area contributed by atoms with Crippen molar-refractivity contribution < 1.29 is 14.3 Å². The molecule has 2 aliphatic heterocycles. The second kappa shape index (κ2) is 8.24. The van der Waals surface area contributed by atoms with E-state index in [1.54, 1.807) is 0 Å². The minimum atomic E-state index is 0.0169. The molecule has 2 amide bonds. The van der Waals surface area contributed by atoms with Crippen molar-refractivity contribution in [1.29, 1.82) is 0 Å². The molecular weight excluding hydrogens is 306 g/mol. The highest BCUT2D eigenvalue weighted by Gasteiger charge is 2.24. The SMILES string of the molecule is CCOc1ccccc1N1CCN(C(=O)NCC2CCCO2)CC1. The van der Waals surface area contributed by atoms with E-state index in [-0.39, 0.29) is 12.1 Å². The number of rotatable bonds is 5. The van der Waals surface area contributed by atoms with Gasteiger partial charge in [-0.1, -0.05) is 12.1 Å². The molecule has 2 aliphatic rings. The summed E-state index contributed by atoms with van der Waals surface area (Å²) in [6.07, 6.45) is 2.33. The predicted molar refractivity (Wildman–Crippen MR) is 93.8 cm³/mol. The molecule has 2 heterocycles. The van der Waals surface area contributed by atoms with Gasteiger partial charge in [-0.2, -0.15) is 0 Å². The molecule has 1 aromatic carbocycles. The maximum Gasteiger partial charge on any atom is 0.317 e. The standard InChI is InChI=1S/C18H27N3O3/c1-2-23-17-8-4-3-7-16(17)20-9-11-21(12-10-20)18(22)19-14-15-6-5-13-24-15/h3-4,7-8,15H,2,5-6,9-14H2,1H3,(H,19,22). The number of nitrogens with one attached hydrogen (secondary N) is 1. The molecule has 0 aliphatic carbocycles. The summed E-state index contributed by atoms with van der Waals surface area (Å²) in [6.45, 7) is 7.16. The number of urea groups is 1. The van der Waals surface area contributed by atoms with Crippen molar-refractivity contribution in [3.8, 4) is 5.75 Å². The van der Waals surface area contributed by atoms with Gasteiger partial charge in [-0.3, -0.25) is 0 Å². The van der Waals surface area contributed by atoms with Gasteiger partial charge in [-0.15, -0.1) is 0 Å². The Morgan fingerprint density at radius 2 is 2.08 bits per heavy atom. The van der Waals surface area contributed by atoms with Crippen LogP contribution in [-0.2, 0) is 4.74 Å². The molecule has 1 N–H and O–H groups in total. The van der Waals surface area contributed by atoms with E-state index in [1.807, 2.05) is 30.0 Å². The number of amides is 2. The second-order valence-corrected chi connectivity index (χ2v) is 6.20. The number of piperazine rings is 1. The predicted octanol–water partition coefficient (Wildman–Crippen LogP) is 2.10. The molecule has 2 fully saturated rings. The van der Waals surface area contributed by atoms with Crippen molar-refractivity contribution in [3.63, 3.8) is 0 Å². The summed E-state index contributed by atoms with van der Waals surface area (Å²) in [5.74, 6) is 0.913. The van der Waals surface area contributed by atoms with E-state index >= 15 is 0 Å². The molecule has 1 atom stereocenters. The lowest BCUT2D eigenvalue weighted by Gasteiger charge is -2.36. The lowest BCUT2D eigenvalue weighted by atomic mass is 10.2. The van der Waals surface area contributed by atoms with Crippen LogP contribution in [0.25, 0.3) is 0 Å². The van der Waals surface area contributed by atoms with Gasteiger partial charge in [0.05, 0.1) is 18.4 Å². The van der Waals surface area contributed by atoms with Gasteiger partial charge < -0.3 is 24.6 Å². The highest BCUT2D eigenvalue weighted by molar-refractivity contribution is 5.74. The van der Waals surface area contributed by atoms with Crippen LogP contribution in [0.4, 0.5) is 10.5 Å². The van der Waals surface area contributed by atoms with Crippen LogP contribution in [-0.4, -0.2) is 63.0 Å². The number of benzene rings is 1. The van der Waals surface area contributed by atoms with Crippen molar-refractivity contribution in [3.05, 3.63) is 24.3 Å². The smallest absolute Gasteiger partial charge is 0.317 e. The quantitative estimate of drug-likeness (QED) is 0.896. The number of para-hydroxylation sites is 2. The molecule has 3 rings (SSSR count).